The zero-order valence-corrected chi connectivity index (χ0v) is 18.5. The van der Waals surface area contributed by atoms with Crippen molar-refractivity contribution in [3.05, 3.63) is 90.0 Å². The van der Waals surface area contributed by atoms with Crippen LogP contribution in [0, 0.1) is 0 Å². The van der Waals surface area contributed by atoms with Gasteiger partial charge in [0.1, 0.15) is 11.3 Å². The summed E-state index contributed by atoms with van der Waals surface area (Å²) in [5, 5.41) is 7.56. The van der Waals surface area contributed by atoms with Crippen molar-refractivity contribution < 1.29 is 9.21 Å². The summed E-state index contributed by atoms with van der Waals surface area (Å²) >= 11 is 0. The zero-order chi connectivity index (χ0) is 21.0. The van der Waals surface area contributed by atoms with Gasteiger partial charge in [0.15, 0.2) is 0 Å². The van der Waals surface area contributed by atoms with Crippen LogP contribution in [0.15, 0.2) is 83.3 Å². The van der Waals surface area contributed by atoms with E-state index in [0.717, 1.165) is 60.7 Å². The van der Waals surface area contributed by atoms with Crippen molar-refractivity contribution in [1.29, 1.82) is 0 Å². The van der Waals surface area contributed by atoms with Gasteiger partial charge in [0.25, 0.3) is 5.91 Å². The molecular formula is C26H26ClN3O2. The molecule has 32 heavy (non-hydrogen) atoms. The molecule has 5 rings (SSSR count). The molecule has 0 saturated carbocycles. The van der Waals surface area contributed by atoms with Crippen molar-refractivity contribution in [2.45, 2.75) is 6.54 Å². The Labute approximate surface area is 193 Å². The van der Waals surface area contributed by atoms with Crippen LogP contribution in [0.2, 0.25) is 0 Å². The van der Waals surface area contributed by atoms with Gasteiger partial charge >= 0.3 is 0 Å². The van der Waals surface area contributed by atoms with Gasteiger partial charge in [-0.15, -0.1) is 12.4 Å². The Bertz CT molecular complexity index is 1200. The highest BCUT2D eigenvalue weighted by atomic mass is 35.5. The second kappa shape index (κ2) is 10.0. The maximum absolute atomic E-state index is 12.7. The highest BCUT2D eigenvalue weighted by Crippen LogP contribution is 2.34. The third-order valence-corrected chi connectivity index (χ3v) is 5.73. The maximum Gasteiger partial charge on any atom is 0.255 e. The van der Waals surface area contributed by atoms with Crippen LogP contribution in [0.1, 0.15) is 15.9 Å². The number of halogens is 1. The van der Waals surface area contributed by atoms with Gasteiger partial charge in [-0.25, -0.2) is 0 Å². The van der Waals surface area contributed by atoms with Crippen LogP contribution in [-0.2, 0) is 6.54 Å². The molecule has 1 amide bonds. The fourth-order valence-corrected chi connectivity index (χ4v) is 4.09. The highest BCUT2D eigenvalue weighted by molar-refractivity contribution is 6.06. The zero-order valence-electron chi connectivity index (χ0n) is 17.7. The molecule has 5 nitrogen and oxygen atoms in total. The standard InChI is InChI=1S/C26H25N3O2.ClH/c30-26(19-7-2-1-3-8-19)28-23-11-5-4-10-21(23)25-17-22-20(9-6-12-24(22)31-25)18-29-15-13-27-14-16-29;/h1-12,17,27H,13-16,18H2,(H,28,30);1H. The molecule has 0 unspecified atom stereocenters. The van der Waals surface area contributed by atoms with Gasteiger partial charge in [0.05, 0.1) is 5.69 Å². The quantitative estimate of drug-likeness (QED) is 0.442. The highest BCUT2D eigenvalue weighted by Gasteiger charge is 2.16. The first-order valence-corrected chi connectivity index (χ1v) is 10.7. The van der Waals surface area contributed by atoms with E-state index in [1.807, 2.05) is 60.7 Å². The lowest BCUT2D eigenvalue weighted by molar-refractivity contribution is 0.102. The Balaban J connectivity index is 0.00000245. The van der Waals surface area contributed by atoms with Crippen LogP contribution >= 0.6 is 12.4 Å². The molecule has 4 aromatic rings. The summed E-state index contributed by atoms with van der Waals surface area (Å²) in [6, 6.07) is 25.3. The van der Waals surface area contributed by atoms with Gasteiger partial charge in [-0.2, -0.15) is 0 Å². The van der Waals surface area contributed by atoms with E-state index in [4.69, 9.17) is 4.42 Å². The number of nitrogens with one attached hydrogen (secondary N) is 2. The number of piperazine rings is 1. The van der Waals surface area contributed by atoms with E-state index in [9.17, 15) is 4.79 Å². The number of rotatable bonds is 5. The summed E-state index contributed by atoms with van der Waals surface area (Å²) in [5.41, 5.74) is 4.36. The maximum atomic E-state index is 12.7. The number of carbonyl (C=O) groups is 1. The number of anilines is 1. The molecule has 3 aromatic carbocycles. The molecule has 1 aliphatic rings. The first-order valence-electron chi connectivity index (χ1n) is 10.7. The fraction of sp³-hybridized carbons (Fsp3) is 0.192. The Morgan fingerprint density at radius 3 is 2.50 bits per heavy atom. The first kappa shape index (κ1) is 22.1. The normalized spacial score (nSPS) is 14.1. The number of benzene rings is 3. The first-order chi connectivity index (χ1) is 15.3. The molecule has 1 aliphatic heterocycles. The molecule has 0 atom stereocenters. The van der Waals surface area contributed by atoms with Crippen molar-refractivity contribution >= 4 is 35.0 Å². The number of carbonyl (C=O) groups excluding carboxylic acids is 1. The predicted octanol–water partition coefficient (Wildman–Crippen LogP) is 5.18. The van der Waals surface area contributed by atoms with E-state index in [1.165, 1.54) is 5.56 Å². The lowest BCUT2D eigenvalue weighted by Gasteiger charge is -2.27. The molecule has 0 spiro atoms. The second-order valence-corrected chi connectivity index (χ2v) is 7.83. The molecule has 0 radical (unpaired) electrons. The van der Waals surface area contributed by atoms with E-state index in [1.54, 1.807) is 0 Å². The number of nitrogens with zero attached hydrogens (tertiary/aromatic N) is 1. The molecule has 2 heterocycles. The number of hydrogen-bond donors (Lipinski definition) is 2. The number of amides is 1. The van der Waals surface area contributed by atoms with Crippen LogP contribution in [-0.4, -0.2) is 37.0 Å². The van der Waals surface area contributed by atoms with E-state index in [-0.39, 0.29) is 18.3 Å². The van der Waals surface area contributed by atoms with Crippen molar-refractivity contribution in [3.63, 3.8) is 0 Å². The SMILES string of the molecule is Cl.O=C(Nc1ccccc1-c1cc2c(CN3CCNCC3)cccc2o1)c1ccccc1. The summed E-state index contributed by atoms with van der Waals surface area (Å²) in [6.45, 7) is 5.07. The van der Waals surface area contributed by atoms with Gasteiger partial charge < -0.3 is 15.1 Å². The van der Waals surface area contributed by atoms with E-state index >= 15 is 0 Å². The van der Waals surface area contributed by atoms with Crippen LogP contribution in [0.5, 0.6) is 0 Å². The Hall–Kier alpha value is -3.12. The Morgan fingerprint density at radius 2 is 1.69 bits per heavy atom. The molecule has 1 aromatic heterocycles. The van der Waals surface area contributed by atoms with E-state index in [0.29, 0.717) is 5.56 Å². The molecule has 1 fully saturated rings. The van der Waals surface area contributed by atoms with Gasteiger partial charge in [0, 0.05) is 49.2 Å². The average Bonchev–Trinajstić information content (AvgIpc) is 3.26. The summed E-state index contributed by atoms with van der Waals surface area (Å²) in [6.07, 6.45) is 0. The lowest BCUT2D eigenvalue weighted by Crippen LogP contribution is -2.42. The van der Waals surface area contributed by atoms with E-state index < -0.39 is 0 Å². The minimum atomic E-state index is -0.136. The van der Waals surface area contributed by atoms with E-state index in [2.05, 4.69) is 33.7 Å². The predicted molar refractivity (Wildman–Crippen MR) is 131 cm³/mol. The Kier molecular flexibility index (Phi) is 6.90. The second-order valence-electron chi connectivity index (χ2n) is 7.83. The topological polar surface area (TPSA) is 57.5 Å². The van der Waals surface area contributed by atoms with Gasteiger partial charge in [-0.3, -0.25) is 9.69 Å². The van der Waals surface area contributed by atoms with Crippen molar-refractivity contribution in [2.24, 2.45) is 0 Å². The van der Waals surface area contributed by atoms with Crippen molar-refractivity contribution in [1.82, 2.24) is 10.2 Å². The van der Waals surface area contributed by atoms with Crippen LogP contribution < -0.4 is 10.6 Å². The minimum Gasteiger partial charge on any atom is -0.456 e. The molecule has 1 saturated heterocycles. The average molecular weight is 448 g/mol. The Morgan fingerprint density at radius 1 is 0.938 bits per heavy atom. The van der Waals surface area contributed by atoms with Gasteiger partial charge in [-0.1, -0.05) is 42.5 Å². The number of fused-ring (bicyclic) bond motifs is 1. The van der Waals surface area contributed by atoms with Crippen LogP contribution in [0.25, 0.3) is 22.3 Å². The third kappa shape index (κ3) is 4.70. The monoisotopic (exact) mass is 447 g/mol. The number of furan rings is 1. The third-order valence-electron chi connectivity index (χ3n) is 5.73. The van der Waals surface area contributed by atoms with Crippen LogP contribution in [0.3, 0.4) is 0 Å². The number of hydrogen-bond acceptors (Lipinski definition) is 4. The molecular weight excluding hydrogens is 422 g/mol. The minimum absolute atomic E-state index is 0. The smallest absolute Gasteiger partial charge is 0.255 e. The summed E-state index contributed by atoms with van der Waals surface area (Å²) in [4.78, 5) is 15.2. The molecule has 164 valence electrons. The molecule has 6 heteroatoms. The lowest BCUT2D eigenvalue weighted by atomic mass is 10.1. The summed E-state index contributed by atoms with van der Waals surface area (Å²) < 4.78 is 6.23. The van der Waals surface area contributed by atoms with Gasteiger partial charge in [0.2, 0.25) is 0 Å². The van der Waals surface area contributed by atoms with Gasteiger partial charge in [-0.05, 0) is 42.0 Å². The largest absolute Gasteiger partial charge is 0.456 e. The molecule has 0 aliphatic carbocycles. The molecule has 0 bridgehead atoms. The van der Waals surface area contributed by atoms with Crippen LogP contribution in [0.4, 0.5) is 5.69 Å². The summed E-state index contributed by atoms with van der Waals surface area (Å²) in [5.74, 6) is 0.621. The number of para-hydroxylation sites is 1. The van der Waals surface area contributed by atoms with Crippen molar-refractivity contribution in [2.75, 3.05) is 31.5 Å². The van der Waals surface area contributed by atoms with Crippen molar-refractivity contribution in [3.8, 4) is 11.3 Å². The summed E-state index contributed by atoms with van der Waals surface area (Å²) in [7, 11) is 0. The molecule has 2 N–H and O–H groups in total. The fourth-order valence-electron chi connectivity index (χ4n) is 4.09.